The second-order valence-corrected chi connectivity index (χ2v) is 16.8. The topological polar surface area (TPSA) is 16.4 Å². The molecule has 250 valence electrons. The third-order valence-electron chi connectivity index (χ3n) is 13.1. The van der Waals surface area contributed by atoms with Gasteiger partial charge >= 0.3 is 0 Å². The van der Waals surface area contributed by atoms with E-state index in [1.54, 1.807) is 11.1 Å². The van der Waals surface area contributed by atoms with Crippen LogP contribution >= 0.6 is 11.8 Å². The molecule has 0 N–H and O–H groups in total. The fourth-order valence-electron chi connectivity index (χ4n) is 10.8. The van der Waals surface area contributed by atoms with Gasteiger partial charge in [-0.25, -0.2) is 0 Å². The molecule has 0 amide bonds. The first-order valence-corrected chi connectivity index (χ1v) is 19.8. The van der Waals surface area contributed by atoms with Crippen molar-refractivity contribution in [3.05, 3.63) is 168 Å². The molecule has 12 rings (SSSR count). The van der Waals surface area contributed by atoms with Gasteiger partial charge in [0.05, 0.1) is 0 Å². The van der Waals surface area contributed by atoms with E-state index in [2.05, 4.69) is 151 Å². The molecule has 1 aliphatic heterocycles. The second kappa shape index (κ2) is 10.9. The number of para-hydroxylation sites is 1. The van der Waals surface area contributed by atoms with Crippen LogP contribution in [-0.2, 0) is 5.41 Å². The molecule has 2 bridgehead atoms. The van der Waals surface area contributed by atoms with Gasteiger partial charge in [-0.05, 0) is 119 Å². The van der Waals surface area contributed by atoms with Crippen LogP contribution in [0.1, 0.15) is 48.3 Å². The number of hydrogen-bond acceptors (Lipinski definition) is 3. The Balaban J connectivity index is 0.961. The molecule has 2 heterocycles. The van der Waals surface area contributed by atoms with E-state index in [0.29, 0.717) is 11.2 Å². The van der Waals surface area contributed by atoms with Crippen LogP contribution in [0.3, 0.4) is 0 Å². The minimum absolute atomic E-state index is 0.186. The number of nitrogens with zero attached hydrogens (tertiary/aromatic N) is 1. The SMILES string of the molecule is C1=CC2Sc3cc(N(c4ccc(-c5ccc6c(c5)C5(CC7CCC5C7)c5ccccc5-6)cc4)c4ccc5c(c4)oc4ccccc45)ccc3C2C=C1. The van der Waals surface area contributed by atoms with Crippen molar-refractivity contribution in [1.29, 1.82) is 0 Å². The number of rotatable bonds is 4. The fraction of sp³-hybridized carbons (Fsp3) is 0.184. The zero-order valence-electron chi connectivity index (χ0n) is 28.8. The van der Waals surface area contributed by atoms with Gasteiger partial charge in [0.15, 0.2) is 0 Å². The molecule has 1 spiro atoms. The fourth-order valence-corrected chi connectivity index (χ4v) is 12.2. The van der Waals surface area contributed by atoms with Crippen molar-refractivity contribution in [3.63, 3.8) is 0 Å². The summed E-state index contributed by atoms with van der Waals surface area (Å²) in [5.74, 6) is 2.07. The lowest BCUT2D eigenvalue weighted by Gasteiger charge is -2.36. The third kappa shape index (κ3) is 4.09. The summed E-state index contributed by atoms with van der Waals surface area (Å²) in [5, 5.41) is 2.77. The van der Waals surface area contributed by atoms with Crippen molar-refractivity contribution < 1.29 is 4.42 Å². The summed E-state index contributed by atoms with van der Waals surface area (Å²) in [4.78, 5) is 3.76. The molecule has 1 aromatic heterocycles. The number of anilines is 3. The Hall–Kier alpha value is -5.25. The van der Waals surface area contributed by atoms with Crippen LogP contribution in [-0.4, -0.2) is 5.25 Å². The van der Waals surface area contributed by atoms with Gasteiger partial charge in [0.25, 0.3) is 0 Å². The van der Waals surface area contributed by atoms with Crippen molar-refractivity contribution in [2.75, 3.05) is 4.90 Å². The van der Waals surface area contributed by atoms with E-state index in [1.807, 2.05) is 17.8 Å². The highest BCUT2D eigenvalue weighted by Gasteiger charge is 2.56. The quantitative estimate of drug-likeness (QED) is 0.183. The first kappa shape index (κ1) is 29.3. The summed E-state index contributed by atoms with van der Waals surface area (Å²) in [7, 11) is 0. The van der Waals surface area contributed by atoms with Gasteiger partial charge in [0, 0.05) is 55.4 Å². The Labute approximate surface area is 308 Å². The number of benzene rings is 6. The second-order valence-electron chi connectivity index (χ2n) is 15.6. The smallest absolute Gasteiger partial charge is 0.137 e. The van der Waals surface area contributed by atoms with Crippen molar-refractivity contribution >= 4 is 50.8 Å². The highest BCUT2D eigenvalue weighted by molar-refractivity contribution is 8.00. The number of hydrogen-bond donors (Lipinski definition) is 0. The Morgan fingerprint density at radius 3 is 2.29 bits per heavy atom. The van der Waals surface area contributed by atoms with E-state index in [9.17, 15) is 0 Å². The number of thioether (sulfide) groups is 1. The molecule has 52 heavy (non-hydrogen) atoms. The number of furan rings is 1. The minimum atomic E-state index is 0.186. The average Bonchev–Trinajstić information content (AvgIpc) is 4.02. The van der Waals surface area contributed by atoms with Crippen LogP contribution in [0.15, 0.2) is 161 Å². The summed E-state index contributed by atoms with van der Waals surface area (Å²) in [6, 6.07) is 47.9. The van der Waals surface area contributed by atoms with E-state index < -0.39 is 0 Å². The lowest BCUT2D eigenvalue weighted by molar-refractivity contribution is 0.327. The molecule has 5 aliphatic rings. The summed E-state index contributed by atoms with van der Waals surface area (Å²) in [6.45, 7) is 0. The predicted octanol–water partition coefficient (Wildman–Crippen LogP) is 13.5. The van der Waals surface area contributed by atoms with E-state index in [0.717, 1.165) is 50.8 Å². The van der Waals surface area contributed by atoms with Crippen LogP contribution in [0.4, 0.5) is 17.1 Å². The van der Waals surface area contributed by atoms with Crippen molar-refractivity contribution in [2.24, 2.45) is 11.8 Å². The molecule has 2 saturated carbocycles. The first-order chi connectivity index (χ1) is 25.7. The predicted molar refractivity (Wildman–Crippen MR) is 216 cm³/mol. The largest absolute Gasteiger partial charge is 0.456 e. The molecule has 7 aromatic rings. The van der Waals surface area contributed by atoms with E-state index in [4.69, 9.17) is 4.42 Å². The van der Waals surface area contributed by atoms with Gasteiger partial charge in [-0.1, -0.05) is 104 Å². The lowest BCUT2D eigenvalue weighted by atomic mass is 9.66. The van der Waals surface area contributed by atoms with Gasteiger partial charge in [0.2, 0.25) is 0 Å². The van der Waals surface area contributed by atoms with E-state index in [1.165, 1.54) is 58.4 Å². The van der Waals surface area contributed by atoms with Gasteiger partial charge in [0.1, 0.15) is 11.2 Å². The van der Waals surface area contributed by atoms with E-state index >= 15 is 0 Å². The molecule has 3 heteroatoms. The maximum absolute atomic E-state index is 6.40. The minimum Gasteiger partial charge on any atom is -0.456 e. The highest BCUT2D eigenvalue weighted by Crippen LogP contribution is 2.66. The molecule has 5 unspecified atom stereocenters. The summed E-state index contributed by atoms with van der Waals surface area (Å²) in [6.07, 6.45) is 14.5. The van der Waals surface area contributed by atoms with Crippen molar-refractivity contribution in [2.45, 2.75) is 47.2 Å². The molecular formula is C49H37NOS. The lowest BCUT2D eigenvalue weighted by Crippen LogP contribution is -2.31. The van der Waals surface area contributed by atoms with Gasteiger partial charge in [-0.2, -0.15) is 0 Å². The molecule has 0 saturated heterocycles. The maximum Gasteiger partial charge on any atom is 0.137 e. The number of allylic oxidation sites excluding steroid dienone is 3. The molecule has 0 radical (unpaired) electrons. The zero-order chi connectivity index (χ0) is 34.0. The van der Waals surface area contributed by atoms with Gasteiger partial charge in [-0.3, -0.25) is 0 Å². The van der Waals surface area contributed by atoms with Gasteiger partial charge in [-0.15, -0.1) is 11.8 Å². The Bertz CT molecular complexity index is 2660. The molecule has 6 aromatic carbocycles. The van der Waals surface area contributed by atoms with Crippen molar-refractivity contribution in [3.8, 4) is 22.3 Å². The first-order valence-electron chi connectivity index (χ1n) is 18.9. The zero-order valence-corrected chi connectivity index (χ0v) is 29.7. The van der Waals surface area contributed by atoms with Crippen LogP contribution in [0.5, 0.6) is 0 Å². The summed E-state index contributed by atoms with van der Waals surface area (Å²) in [5.41, 5.74) is 15.5. The summed E-state index contributed by atoms with van der Waals surface area (Å²) >= 11 is 1.98. The Morgan fingerprint density at radius 2 is 1.38 bits per heavy atom. The third-order valence-corrected chi connectivity index (χ3v) is 14.4. The Morgan fingerprint density at radius 1 is 0.615 bits per heavy atom. The molecule has 2 fully saturated rings. The van der Waals surface area contributed by atoms with Crippen molar-refractivity contribution in [1.82, 2.24) is 0 Å². The summed E-state index contributed by atoms with van der Waals surface area (Å²) < 4.78 is 6.40. The monoisotopic (exact) mass is 687 g/mol. The average molecular weight is 688 g/mol. The highest BCUT2D eigenvalue weighted by atomic mass is 32.2. The standard InChI is InChI=1S/C49H37NOS/c1-4-10-43-37(7-1)38-22-16-32(26-44(38)49(43)29-30-13-17-33(49)25-30)31-14-18-34(19-15-31)50(35-20-23-40-39-8-2-5-11-45(39)51-46(40)27-35)36-21-24-42-41-9-3-6-12-47(41)52-48(42)28-36/h1-12,14-16,18-24,26-28,30,33,41,47H,13,17,25,29H2. The maximum atomic E-state index is 6.40. The van der Waals surface area contributed by atoms with Crippen LogP contribution in [0.2, 0.25) is 0 Å². The van der Waals surface area contributed by atoms with Crippen LogP contribution in [0.25, 0.3) is 44.2 Å². The van der Waals surface area contributed by atoms with Crippen LogP contribution in [0, 0.1) is 11.8 Å². The van der Waals surface area contributed by atoms with Gasteiger partial charge < -0.3 is 9.32 Å². The molecular weight excluding hydrogens is 651 g/mol. The number of fused-ring (bicyclic) bond motifs is 14. The Kier molecular flexibility index (Phi) is 6.14. The van der Waals surface area contributed by atoms with Crippen LogP contribution < -0.4 is 4.90 Å². The molecule has 2 nitrogen and oxygen atoms in total. The molecule has 4 aliphatic carbocycles. The van der Waals surface area contributed by atoms with E-state index in [-0.39, 0.29) is 5.41 Å². The molecule has 5 atom stereocenters. The normalized spacial score (nSPS) is 24.5.